The molecule has 0 aliphatic rings. The number of carboxylic acids is 1. The summed E-state index contributed by atoms with van der Waals surface area (Å²) < 4.78 is 1.52. The fourth-order valence-corrected chi connectivity index (χ4v) is 3.28. The molecule has 5 aromatic rings. The van der Waals surface area contributed by atoms with Crippen LogP contribution in [0.5, 0.6) is 0 Å². The summed E-state index contributed by atoms with van der Waals surface area (Å²) in [5.41, 5.74) is 3.09. The average Bonchev–Trinajstić information content (AvgIpc) is 3.25. The fourth-order valence-electron chi connectivity index (χ4n) is 3.15. The first kappa shape index (κ1) is 18.8. The summed E-state index contributed by atoms with van der Waals surface area (Å²) >= 11 is 6.03. The van der Waals surface area contributed by atoms with E-state index in [1.807, 2.05) is 30.3 Å². The highest BCUT2D eigenvalue weighted by Gasteiger charge is 2.17. The zero-order chi connectivity index (χ0) is 21.4. The van der Waals surface area contributed by atoms with Gasteiger partial charge in [0.15, 0.2) is 17.5 Å². The SMILES string of the molecule is O=C(O)c1ccnc(-n2nc(-c3ccc4nccnc4c3)nc2-c2ccc(Cl)cc2)c1. The number of benzene rings is 2. The van der Waals surface area contributed by atoms with Gasteiger partial charge in [-0.15, -0.1) is 5.10 Å². The molecule has 2 aromatic carbocycles. The van der Waals surface area contributed by atoms with Crippen LogP contribution in [-0.2, 0) is 0 Å². The summed E-state index contributed by atoms with van der Waals surface area (Å²) in [6.07, 6.45) is 4.69. The van der Waals surface area contributed by atoms with E-state index in [1.165, 1.54) is 23.0 Å². The summed E-state index contributed by atoms with van der Waals surface area (Å²) in [6, 6.07) is 15.6. The summed E-state index contributed by atoms with van der Waals surface area (Å²) in [7, 11) is 0. The van der Waals surface area contributed by atoms with Gasteiger partial charge < -0.3 is 5.11 Å². The van der Waals surface area contributed by atoms with Crippen LogP contribution in [0.4, 0.5) is 0 Å². The zero-order valence-electron chi connectivity index (χ0n) is 15.8. The van der Waals surface area contributed by atoms with Gasteiger partial charge >= 0.3 is 5.97 Å². The van der Waals surface area contributed by atoms with E-state index >= 15 is 0 Å². The van der Waals surface area contributed by atoms with Crippen LogP contribution in [-0.4, -0.2) is 40.8 Å². The molecular formula is C22H13ClN6O2. The Hall–Kier alpha value is -4.17. The molecule has 0 saturated carbocycles. The van der Waals surface area contributed by atoms with Gasteiger partial charge in [0.2, 0.25) is 0 Å². The Morgan fingerprint density at radius 1 is 0.839 bits per heavy atom. The molecule has 3 aromatic heterocycles. The van der Waals surface area contributed by atoms with Crippen molar-refractivity contribution in [2.45, 2.75) is 0 Å². The van der Waals surface area contributed by atoms with Crippen LogP contribution in [0.3, 0.4) is 0 Å². The minimum atomic E-state index is -1.05. The van der Waals surface area contributed by atoms with Gasteiger partial charge in [-0.25, -0.2) is 14.8 Å². The van der Waals surface area contributed by atoms with Crippen molar-refractivity contribution in [2.24, 2.45) is 0 Å². The van der Waals surface area contributed by atoms with E-state index in [2.05, 4.69) is 20.1 Å². The number of aromatic carboxylic acids is 1. The van der Waals surface area contributed by atoms with Gasteiger partial charge in [-0.2, -0.15) is 4.68 Å². The lowest BCUT2D eigenvalue weighted by Crippen LogP contribution is -2.05. The number of hydrogen-bond acceptors (Lipinski definition) is 6. The molecule has 1 N–H and O–H groups in total. The molecule has 3 heterocycles. The summed E-state index contributed by atoms with van der Waals surface area (Å²) in [5, 5.41) is 14.6. The summed E-state index contributed by atoms with van der Waals surface area (Å²) in [6.45, 7) is 0. The van der Waals surface area contributed by atoms with Crippen molar-refractivity contribution in [3.63, 3.8) is 0 Å². The van der Waals surface area contributed by atoms with E-state index in [0.717, 1.165) is 22.2 Å². The lowest BCUT2D eigenvalue weighted by atomic mass is 10.2. The third-order valence-electron chi connectivity index (χ3n) is 4.65. The lowest BCUT2D eigenvalue weighted by Gasteiger charge is -2.06. The average molecular weight is 429 g/mol. The van der Waals surface area contributed by atoms with Crippen molar-refractivity contribution in [3.05, 3.63) is 83.8 Å². The predicted octanol–water partition coefficient (Wildman–Crippen LogP) is 4.29. The lowest BCUT2D eigenvalue weighted by molar-refractivity contribution is 0.0696. The Kier molecular flexibility index (Phi) is 4.61. The number of carbonyl (C=O) groups is 1. The number of pyridine rings is 1. The number of aromatic nitrogens is 6. The van der Waals surface area contributed by atoms with Gasteiger partial charge in [0.05, 0.1) is 16.6 Å². The van der Waals surface area contributed by atoms with Gasteiger partial charge in [0.1, 0.15) is 0 Å². The van der Waals surface area contributed by atoms with Gasteiger partial charge in [-0.1, -0.05) is 11.6 Å². The normalized spacial score (nSPS) is 11.0. The van der Waals surface area contributed by atoms with Gasteiger partial charge in [-0.3, -0.25) is 9.97 Å². The first-order valence-electron chi connectivity index (χ1n) is 9.22. The van der Waals surface area contributed by atoms with E-state index in [1.54, 1.807) is 24.5 Å². The molecule has 0 bridgehead atoms. The van der Waals surface area contributed by atoms with Crippen LogP contribution < -0.4 is 0 Å². The van der Waals surface area contributed by atoms with Gasteiger partial charge in [0.25, 0.3) is 0 Å². The maximum Gasteiger partial charge on any atom is 0.335 e. The first-order valence-corrected chi connectivity index (χ1v) is 9.60. The molecule has 0 aliphatic carbocycles. The number of fused-ring (bicyclic) bond motifs is 1. The second-order valence-electron chi connectivity index (χ2n) is 6.65. The Morgan fingerprint density at radius 2 is 1.58 bits per heavy atom. The topological polar surface area (TPSA) is 107 Å². The van der Waals surface area contributed by atoms with Crippen LogP contribution in [0.1, 0.15) is 10.4 Å². The summed E-state index contributed by atoms with van der Waals surface area (Å²) in [4.78, 5) is 29.1. The number of halogens is 1. The monoisotopic (exact) mass is 428 g/mol. The number of nitrogens with zero attached hydrogens (tertiary/aromatic N) is 6. The second-order valence-corrected chi connectivity index (χ2v) is 7.08. The molecule has 5 rings (SSSR count). The standard InChI is InChI=1S/C22H13ClN6O2/c23-16-4-1-13(2-5-16)21-27-20(14-3-6-17-18(11-14)25-10-9-24-17)28-29(21)19-12-15(22(30)31)7-8-26-19/h1-12H,(H,30,31). The van der Waals surface area contributed by atoms with Crippen molar-refractivity contribution in [2.75, 3.05) is 0 Å². The highest BCUT2D eigenvalue weighted by atomic mass is 35.5. The van der Waals surface area contributed by atoms with Crippen molar-refractivity contribution < 1.29 is 9.90 Å². The smallest absolute Gasteiger partial charge is 0.335 e. The fraction of sp³-hybridized carbons (Fsp3) is 0. The molecule has 0 saturated heterocycles. The number of hydrogen-bond donors (Lipinski definition) is 1. The van der Waals surface area contributed by atoms with E-state index in [-0.39, 0.29) is 5.56 Å². The third-order valence-corrected chi connectivity index (χ3v) is 4.90. The predicted molar refractivity (Wildman–Crippen MR) is 115 cm³/mol. The second kappa shape index (κ2) is 7.58. The van der Waals surface area contributed by atoms with Crippen LogP contribution in [0.2, 0.25) is 5.02 Å². The number of carboxylic acid groups (broad SMARTS) is 1. The third kappa shape index (κ3) is 3.60. The number of rotatable bonds is 4. The van der Waals surface area contributed by atoms with Crippen LogP contribution >= 0.6 is 11.6 Å². The molecule has 0 atom stereocenters. The highest BCUT2D eigenvalue weighted by Crippen LogP contribution is 2.27. The van der Waals surface area contributed by atoms with Crippen LogP contribution in [0, 0.1) is 0 Å². The van der Waals surface area contributed by atoms with Crippen molar-refractivity contribution in [3.8, 4) is 28.6 Å². The van der Waals surface area contributed by atoms with Crippen molar-refractivity contribution in [1.82, 2.24) is 29.7 Å². The van der Waals surface area contributed by atoms with E-state index in [4.69, 9.17) is 16.6 Å². The van der Waals surface area contributed by atoms with E-state index in [0.29, 0.717) is 22.5 Å². The molecule has 31 heavy (non-hydrogen) atoms. The molecule has 0 radical (unpaired) electrons. The Labute approximate surface area is 180 Å². The molecule has 9 heteroatoms. The van der Waals surface area contributed by atoms with Crippen molar-refractivity contribution >= 4 is 28.6 Å². The highest BCUT2D eigenvalue weighted by molar-refractivity contribution is 6.30. The van der Waals surface area contributed by atoms with E-state index < -0.39 is 5.97 Å². The minimum absolute atomic E-state index is 0.102. The zero-order valence-corrected chi connectivity index (χ0v) is 16.6. The van der Waals surface area contributed by atoms with Crippen LogP contribution in [0.15, 0.2) is 73.2 Å². The molecule has 8 nitrogen and oxygen atoms in total. The quantitative estimate of drug-likeness (QED) is 0.455. The maximum absolute atomic E-state index is 11.4. The Bertz CT molecular complexity index is 1430. The molecule has 0 fully saturated rings. The Morgan fingerprint density at radius 3 is 2.35 bits per heavy atom. The van der Waals surface area contributed by atoms with Crippen LogP contribution in [0.25, 0.3) is 39.6 Å². The molecule has 0 amide bonds. The molecule has 150 valence electrons. The van der Waals surface area contributed by atoms with Gasteiger partial charge in [0, 0.05) is 34.7 Å². The molecular weight excluding hydrogens is 416 g/mol. The minimum Gasteiger partial charge on any atom is -0.478 e. The molecule has 0 unspecified atom stereocenters. The summed E-state index contributed by atoms with van der Waals surface area (Å²) in [5.74, 6) is 0.232. The largest absolute Gasteiger partial charge is 0.478 e. The Balaban J connectivity index is 1.70. The van der Waals surface area contributed by atoms with E-state index in [9.17, 15) is 9.90 Å². The molecule has 0 aliphatic heterocycles. The van der Waals surface area contributed by atoms with Gasteiger partial charge in [-0.05, 0) is 54.6 Å². The van der Waals surface area contributed by atoms with Crippen molar-refractivity contribution in [1.29, 1.82) is 0 Å². The first-order chi connectivity index (χ1) is 15.1. The maximum atomic E-state index is 11.4. The molecule has 0 spiro atoms.